The average molecular weight is 588 g/mol. The number of amides is 1. The zero-order chi connectivity index (χ0) is 24.9. The van der Waals surface area contributed by atoms with Crippen LogP contribution in [0.15, 0.2) is 75.0 Å². The summed E-state index contributed by atoms with van der Waals surface area (Å²) in [6.07, 6.45) is 7.08. The topological polar surface area (TPSA) is 51.1 Å². The third-order valence-electron chi connectivity index (χ3n) is 4.79. The van der Waals surface area contributed by atoms with Crippen LogP contribution in [0.4, 0.5) is 11.4 Å². The van der Waals surface area contributed by atoms with E-state index in [0.29, 0.717) is 47.5 Å². The highest BCUT2D eigenvalue weighted by molar-refractivity contribution is 9.10. The van der Waals surface area contributed by atoms with Crippen LogP contribution in [0.2, 0.25) is 10.0 Å². The second-order valence-electron chi connectivity index (χ2n) is 7.13. The fraction of sp³-hybridized carbons (Fsp3) is 0.0769. The van der Waals surface area contributed by atoms with Gasteiger partial charge < -0.3 is 9.47 Å². The van der Waals surface area contributed by atoms with E-state index < -0.39 is 0 Å². The molecule has 3 aromatic rings. The van der Waals surface area contributed by atoms with E-state index in [9.17, 15) is 4.79 Å². The van der Waals surface area contributed by atoms with Gasteiger partial charge in [0.1, 0.15) is 6.61 Å². The third-order valence-corrected chi connectivity index (χ3v) is 6.85. The molecule has 9 heteroatoms. The monoisotopic (exact) mass is 586 g/mol. The smallest absolute Gasteiger partial charge is 0.271 e. The number of ether oxygens (including phenoxy) is 2. The summed E-state index contributed by atoms with van der Waals surface area (Å²) in [6, 6.07) is 17.7. The number of carbonyl (C=O) groups is 1. The van der Waals surface area contributed by atoms with Gasteiger partial charge in [-0.25, -0.2) is 4.99 Å². The first kappa shape index (κ1) is 25.2. The Morgan fingerprint density at radius 2 is 1.77 bits per heavy atom. The maximum atomic E-state index is 13.5. The van der Waals surface area contributed by atoms with Crippen molar-refractivity contribution in [1.29, 1.82) is 0 Å². The predicted molar refractivity (Wildman–Crippen MR) is 148 cm³/mol. The van der Waals surface area contributed by atoms with Crippen LogP contribution < -0.4 is 14.4 Å². The first-order valence-corrected chi connectivity index (χ1v) is 12.5. The Labute approximate surface area is 225 Å². The molecule has 35 heavy (non-hydrogen) atoms. The van der Waals surface area contributed by atoms with Crippen molar-refractivity contribution in [2.24, 2.45) is 4.99 Å². The normalized spacial score (nSPS) is 15.5. The number of carbonyl (C=O) groups excluding carboxylic acids is 1. The molecule has 3 aromatic carbocycles. The van der Waals surface area contributed by atoms with Crippen molar-refractivity contribution in [2.75, 3.05) is 18.6 Å². The molecule has 176 valence electrons. The highest BCUT2D eigenvalue weighted by atomic mass is 79.9. The number of hydrogen-bond donors (Lipinski definition) is 0. The van der Waals surface area contributed by atoms with Crippen LogP contribution in [0.1, 0.15) is 5.56 Å². The van der Waals surface area contributed by atoms with E-state index in [-0.39, 0.29) is 12.5 Å². The molecule has 0 unspecified atom stereocenters. The largest absolute Gasteiger partial charge is 0.493 e. The predicted octanol–water partition coefficient (Wildman–Crippen LogP) is 7.59. The fourth-order valence-electron chi connectivity index (χ4n) is 3.22. The summed E-state index contributed by atoms with van der Waals surface area (Å²) in [5, 5.41) is 1.68. The average Bonchev–Trinajstić information content (AvgIpc) is 3.14. The SMILES string of the molecule is C#CCOc1c(Br)cc(/C=C2\SC(=Nc3ccc(Cl)cc3)N(c3ccc(Cl)cc3)C2=O)cc1OC. The molecular weight excluding hydrogens is 571 g/mol. The Morgan fingerprint density at radius 3 is 2.40 bits per heavy atom. The minimum Gasteiger partial charge on any atom is -0.493 e. The highest BCUT2D eigenvalue weighted by Crippen LogP contribution is 2.41. The number of halogens is 3. The summed E-state index contributed by atoms with van der Waals surface area (Å²) >= 11 is 16.8. The second kappa shape index (κ2) is 11.2. The van der Waals surface area contributed by atoms with Crippen LogP contribution in [0.5, 0.6) is 11.5 Å². The molecule has 1 fully saturated rings. The lowest BCUT2D eigenvalue weighted by molar-refractivity contribution is -0.113. The fourth-order valence-corrected chi connectivity index (χ4v) is 5.05. The van der Waals surface area contributed by atoms with E-state index in [4.69, 9.17) is 44.1 Å². The number of aliphatic imine (C=N–C) groups is 1. The van der Waals surface area contributed by atoms with Gasteiger partial charge in [-0.2, -0.15) is 0 Å². The lowest BCUT2D eigenvalue weighted by Crippen LogP contribution is -2.28. The number of benzene rings is 3. The van der Waals surface area contributed by atoms with Crippen molar-refractivity contribution in [1.82, 2.24) is 0 Å². The maximum Gasteiger partial charge on any atom is 0.271 e. The van der Waals surface area contributed by atoms with Gasteiger partial charge in [-0.3, -0.25) is 9.69 Å². The number of rotatable bonds is 6. The van der Waals surface area contributed by atoms with Crippen molar-refractivity contribution < 1.29 is 14.3 Å². The highest BCUT2D eigenvalue weighted by Gasteiger charge is 2.35. The van der Waals surface area contributed by atoms with Gasteiger partial charge in [0, 0.05) is 10.0 Å². The van der Waals surface area contributed by atoms with E-state index in [2.05, 4.69) is 21.9 Å². The molecule has 4 rings (SSSR count). The van der Waals surface area contributed by atoms with Crippen LogP contribution >= 0.6 is 50.9 Å². The van der Waals surface area contributed by atoms with Crippen LogP contribution in [0.3, 0.4) is 0 Å². The molecule has 0 spiro atoms. The van der Waals surface area contributed by atoms with E-state index in [0.717, 1.165) is 5.56 Å². The molecule has 0 aromatic heterocycles. The van der Waals surface area contributed by atoms with Crippen molar-refractivity contribution in [3.63, 3.8) is 0 Å². The minimum absolute atomic E-state index is 0.101. The van der Waals surface area contributed by atoms with Gasteiger partial charge in [-0.05, 0) is 100.0 Å². The van der Waals surface area contributed by atoms with E-state index in [1.165, 1.54) is 18.9 Å². The summed E-state index contributed by atoms with van der Waals surface area (Å²) in [6.45, 7) is 0.101. The molecule has 0 atom stereocenters. The third kappa shape index (κ3) is 5.85. The van der Waals surface area contributed by atoms with Crippen LogP contribution in [-0.2, 0) is 4.79 Å². The Balaban J connectivity index is 1.75. The molecule has 0 saturated carbocycles. The Hall–Kier alpha value is -2.89. The number of hydrogen-bond acceptors (Lipinski definition) is 5. The lowest BCUT2D eigenvalue weighted by atomic mass is 10.1. The Kier molecular flexibility index (Phi) is 8.09. The maximum absolute atomic E-state index is 13.5. The van der Waals surface area contributed by atoms with Crippen LogP contribution in [-0.4, -0.2) is 24.8 Å². The van der Waals surface area contributed by atoms with Gasteiger partial charge in [0.25, 0.3) is 5.91 Å². The van der Waals surface area contributed by atoms with E-state index in [1.54, 1.807) is 65.6 Å². The second-order valence-corrected chi connectivity index (χ2v) is 9.86. The van der Waals surface area contributed by atoms with Gasteiger partial charge in [0.15, 0.2) is 16.7 Å². The summed E-state index contributed by atoms with van der Waals surface area (Å²) in [7, 11) is 1.54. The number of terminal acetylenes is 1. The molecule has 1 aliphatic rings. The number of amidine groups is 1. The molecule has 1 saturated heterocycles. The summed E-state index contributed by atoms with van der Waals surface area (Å²) in [5.74, 6) is 3.20. The molecule has 5 nitrogen and oxygen atoms in total. The summed E-state index contributed by atoms with van der Waals surface area (Å²) in [5.41, 5.74) is 2.06. The zero-order valence-corrected chi connectivity index (χ0v) is 22.2. The lowest BCUT2D eigenvalue weighted by Gasteiger charge is -2.15. The molecular formula is C26H17BrCl2N2O3S. The van der Waals surface area contributed by atoms with Gasteiger partial charge in [0.05, 0.1) is 27.9 Å². The van der Waals surface area contributed by atoms with Crippen molar-refractivity contribution in [3.05, 3.63) is 85.7 Å². The van der Waals surface area contributed by atoms with Crippen molar-refractivity contribution in [2.45, 2.75) is 0 Å². The molecule has 0 radical (unpaired) electrons. The number of nitrogens with zero attached hydrogens (tertiary/aromatic N) is 2. The van der Waals surface area contributed by atoms with Crippen LogP contribution in [0.25, 0.3) is 6.08 Å². The standard InChI is InChI=1S/C26H17BrCl2N2O3S/c1-3-12-34-24-21(27)13-16(14-22(24)33-2)15-23-25(32)31(20-10-6-18(29)7-11-20)26(35-23)30-19-8-4-17(28)5-9-19/h1,4-11,13-15H,12H2,2H3/b23-15-,30-26?. The molecule has 1 aliphatic heterocycles. The van der Waals surface area contributed by atoms with Gasteiger partial charge in [-0.1, -0.05) is 29.1 Å². The summed E-state index contributed by atoms with van der Waals surface area (Å²) in [4.78, 5) is 20.2. The van der Waals surface area contributed by atoms with Crippen molar-refractivity contribution in [3.8, 4) is 23.8 Å². The molecule has 1 amide bonds. The first-order valence-electron chi connectivity index (χ1n) is 10.2. The zero-order valence-electron chi connectivity index (χ0n) is 18.3. The first-order chi connectivity index (χ1) is 16.9. The summed E-state index contributed by atoms with van der Waals surface area (Å²) < 4.78 is 11.7. The number of anilines is 1. The molecule has 0 bridgehead atoms. The minimum atomic E-state index is -0.215. The Bertz CT molecular complexity index is 1370. The van der Waals surface area contributed by atoms with Gasteiger partial charge in [0.2, 0.25) is 0 Å². The Morgan fingerprint density at radius 1 is 1.11 bits per heavy atom. The molecule has 0 aliphatic carbocycles. The van der Waals surface area contributed by atoms with E-state index in [1.807, 2.05) is 6.07 Å². The van der Waals surface area contributed by atoms with Crippen molar-refractivity contribution >= 4 is 79.4 Å². The molecule has 1 heterocycles. The quantitative estimate of drug-likeness (QED) is 0.220. The number of thioether (sulfide) groups is 1. The van der Waals surface area contributed by atoms with Gasteiger partial charge in [-0.15, -0.1) is 6.42 Å². The number of methoxy groups -OCH3 is 1. The molecule has 0 N–H and O–H groups in total. The van der Waals surface area contributed by atoms with E-state index >= 15 is 0 Å². The van der Waals surface area contributed by atoms with Crippen LogP contribution in [0, 0.1) is 12.3 Å². The van der Waals surface area contributed by atoms with Gasteiger partial charge >= 0.3 is 0 Å².